The first-order chi connectivity index (χ1) is 22.6. The van der Waals surface area contributed by atoms with Crippen molar-refractivity contribution in [2.45, 2.75) is 39.7 Å². The minimum Gasteiger partial charge on any atom is -0.454 e. The van der Waals surface area contributed by atoms with Crippen LogP contribution in [0, 0.1) is 5.82 Å². The smallest absolute Gasteiger partial charge is 0.255 e. The Labute approximate surface area is 278 Å². The maximum Gasteiger partial charge on any atom is 0.255 e. The lowest BCUT2D eigenvalue weighted by Gasteiger charge is -2.33. The van der Waals surface area contributed by atoms with Gasteiger partial charge in [-0.25, -0.2) is 4.39 Å². The molecule has 47 heavy (non-hydrogen) atoms. The molecule has 0 saturated carbocycles. The number of fused-ring (bicyclic) bond motifs is 3. The summed E-state index contributed by atoms with van der Waals surface area (Å²) < 4.78 is 22.4. The van der Waals surface area contributed by atoms with Crippen molar-refractivity contribution in [1.82, 2.24) is 14.8 Å². The number of nitrogens with zero attached hydrogens (tertiary/aromatic N) is 2. The van der Waals surface area contributed by atoms with E-state index in [0.717, 1.165) is 27.6 Å². The van der Waals surface area contributed by atoms with Gasteiger partial charge in [-0.15, -0.1) is 0 Å². The van der Waals surface area contributed by atoms with E-state index in [1.54, 1.807) is 19.2 Å². The summed E-state index contributed by atoms with van der Waals surface area (Å²) in [4.78, 5) is 29.3. The van der Waals surface area contributed by atoms with Gasteiger partial charge < -0.3 is 19.2 Å². The third-order valence-electron chi connectivity index (χ3n) is 8.90. The zero-order valence-corrected chi connectivity index (χ0v) is 27.9. The van der Waals surface area contributed by atoms with Crippen LogP contribution in [0.2, 0.25) is 5.02 Å². The molecule has 0 saturated heterocycles. The van der Waals surface area contributed by atoms with E-state index in [9.17, 15) is 14.0 Å². The molecule has 2 heterocycles. The summed E-state index contributed by atoms with van der Waals surface area (Å²) in [6, 6.07) is 25.3. The van der Waals surface area contributed by atoms with Crippen LogP contribution in [0.15, 0.2) is 95.5 Å². The number of nitrogens with one attached hydrogen (secondary N) is 1. The number of aryl methyl sites for hydroxylation is 1. The highest BCUT2D eigenvalue weighted by Gasteiger charge is 2.28. The molecule has 6 aromatic rings. The fourth-order valence-corrected chi connectivity index (χ4v) is 6.51. The fraction of sp³-hybridized carbons (Fsp3) is 0.231. The fourth-order valence-electron chi connectivity index (χ4n) is 6.39. The number of rotatable bonds is 9. The molecular formula is C39H37ClFN3O3. The summed E-state index contributed by atoms with van der Waals surface area (Å²) in [7, 11) is 1.57. The van der Waals surface area contributed by atoms with Crippen molar-refractivity contribution in [3.05, 3.63) is 119 Å². The number of aromatic nitrogens is 1. The first-order valence-corrected chi connectivity index (χ1v) is 16.2. The number of likely N-dealkylation sites (N-methyl/N-ethyl adjacent to an activating group) is 1. The van der Waals surface area contributed by atoms with Gasteiger partial charge in [0.25, 0.3) is 11.8 Å². The first kappa shape index (κ1) is 32.1. The van der Waals surface area contributed by atoms with Crippen LogP contribution >= 0.6 is 11.6 Å². The number of hydrogen-bond acceptors (Lipinski definition) is 3. The third-order valence-corrected chi connectivity index (χ3v) is 9.15. The van der Waals surface area contributed by atoms with Crippen LogP contribution in [0.5, 0.6) is 0 Å². The minimum atomic E-state index is -0.374. The second kappa shape index (κ2) is 12.7. The van der Waals surface area contributed by atoms with Gasteiger partial charge in [0.05, 0.1) is 11.1 Å². The molecule has 0 fully saturated rings. The van der Waals surface area contributed by atoms with E-state index in [-0.39, 0.29) is 23.0 Å². The number of carbonyl (C=O) groups is 2. The van der Waals surface area contributed by atoms with E-state index in [1.807, 2.05) is 78.7 Å². The average molecular weight is 650 g/mol. The predicted octanol–water partition coefficient (Wildman–Crippen LogP) is 9.33. The maximum absolute atomic E-state index is 14.0. The van der Waals surface area contributed by atoms with Gasteiger partial charge in [-0.1, -0.05) is 49.7 Å². The molecule has 2 amide bonds. The topological polar surface area (TPSA) is 67.5 Å². The van der Waals surface area contributed by atoms with Crippen molar-refractivity contribution in [3.8, 4) is 22.5 Å². The van der Waals surface area contributed by atoms with Crippen LogP contribution < -0.4 is 5.32 Å². The molecule has 0 radical (unpaired) electrons. The Kier molecular flexibility index (Phi) is 8.68. The van der Waals surface area contributed by atoms with Crippen molar-refractivity contribution in [1.29, 1.82) is 0 Å². The van der Waals surface area contributed by atoms with E-state index < -0.39 is 0 Å². The largest absolute Gasteiger partial charge is 0.454 e. The van der Waals surface area contributed by atoms with Gasteiger partial charge in [-0.3, -0.25) is 9.59 Å². The second-order valence-electron chi connectivity index (χ2n) is 12.3. The van der Waals surface area contributed by atoms with Gasteiger partial charge in [0, 0.05) is 70.8 Å². The summed E-state index contributed by atoms with van der Waals surface area (Å²) in [5.41, 5.74) is 5.56. The molecule has 8 heteroatoms. The number of benzene rings is 4. The maximum atomic E-state index is 14.0. The average Bonchev–Trinajstić information content (AvgIpc) is 3.69. The molecule has 0 aliphatic carbocycles. The third kappa shape index (κ3) is 5.92. The highest BCUT2D eigenvalue weighted by Crippen LogP contribution is 2.42. The van der Waals surface area contributed by atoms with Crippen molar-refractivity contribution in [2.75, 3.05) is 20.1 Å². The molecule has 4 aromatic carbocycles. The molecule has 0 aliphatic heterocycles. The van der Waals surface area contributed by atoms with Crippen molar-refractivity contribution in [3.63, 3.8) is 0 Å². The molecule has 0 aliphatic rings. The summed E-state index contributed by atoms with van der Waals surface area (Å²) in [5.74, 6) is -0.379. The standard InChI is InChI=1S/C39H37ClFN3O3/c1-6-43-20-19-30-34(43)31(22-32-33(37(45)42-5)35(47-36(30)32)24-11-17-29(41)18-12-24)25-9-8-10-26(21-25)38(46)44(7-2)23-39(3,4)27-13-15-28(40)16-14-27/h8-22H,6-7,23H2,1-5H3,(H,42,45). The first-order valence-electron chi connectivity index (χ1n) is 15.8. The van der Waals surface area contributed by atoms with E-state index in [4.69, 9.17) is 16.0 Å². The molecular weight excluding hydrogens is 613 g/mol. The van der Waals surface area contributed by atoms with Gasteiger partial charge in [-0.2, -0.15) is 0 Å². The lowest BCUT2D eigenvalue weighted by molar-refractivity contribution is 0.0732. The van der Waals surface area contributed by atoms with Crippen molar-refractivity contribution < 1.29 is 18.4 Å². The lowest BCUT2D eigenvalue weighted by atomic mass is 9.84. The number of furan rings is 1. The summed E-state index contributed by atoms with van der Waals surface area (Å²) in [6.45, 7) is 10.1. The molecule has 0 unspecified atom stereocenters. The van der Waals surface area contributed by atoms with Gasteiger partial charge in [0.2, 0.25) is 0 Å². The Hall–Kier alpha value is -4.88. The Morgan fingerprint density at radius 2 is 1.66 bits per heavy atom. The van der Waals surface area contributed by atoms with E-state index in [1.165, 1.54) is 12.1 Å². The Balaban J connectivity index is 1.47. The van der Waals surface area contributed by atoms with Crippen molar-refractivity contribution in [2.24, 2.45) is 0 Å². The molecule has 240 valence electrons. The Bertz CT molecular complexity index is 2110. The summed E-state index contributed by atoms with van der Waals surface area (Å²) >= 11 is 6.13. The van der Waals surface area contributed by atoms with Crippen LogP contribution in [-0.4, -0.2) is 41.4 Å². The zero-order chi connectivity index (χ0) is 33.5. The van der Waals surface area contributed by atoms with E-state index >= 15 is 0 Å². The van der Waals surface area contributed by atoms with Gasteiger partial charge in [0.15, 0.2) is 0 Å². The van der Waals surface area contributed by atoms with Crippen LogP contribution in [-0.2, 0) is 12.0 Å². The Morgan fingerprint density at radius 1 is 0.936 bits per heavy atom. The molecule has 0 spiro atoms. The van der Waals surface area contributed by atoms with Crippen molar-refractivity contribution >= 4 is 45.3 Å². The normalized spacial score (nSPS) is 11.7. The number of amides is 2. The zero-order valence-electron chi connectivity index (χ0n) is 27.2. The van der Waals surface area contributed by atoms with Gasteiger partial charge >= 0.3 is 0 Å². The van der Waals surface area contributed by atoms with Crippen LogP contribution in [0.1, 0.15) is 54.0 Å². The summed E-state index contributed by atoms with van der Waals surface area (Å²) in [5, 5.41) is 4.90. The number of carbonyl (C=O) groups excluding carboxylic acids is 2. The monoisotopic (exact) mass is 649 g/mol. The summed E-state index contributed by atoms with van der Waals surface area (Å²) in [6.07, 6.45) is 2.00. The molecule has 1 N–H and O–H groups in total. The quantitative estimate of drug-likeness (QED) is 0.170. The lowest BCUT2D eigenvalue weighted by Crippen LogP contribution is -2.40. The SMILES string of the molecule is CCN(CC(C)(C)c1ccc(Cl)cc1)C(=O)c1cccc(-c2cc3c(C(=O)NC)c(-c4ccc(F)cc4)oc3c3ccn(CC)c23)c1. The van der Waals surface area contributed by atoms with E-state index in [0.29, 0.717) is 58.1 Å². The highest BCUT2D eigenvalue weighted by atomic mass is 35.5. The number of halogens is 2. The minimum absolute atomic E-state index is 0.0625. The van der Waals surface area contributed by atoms with Crippen LogP contribution in [0.25, 0.3) is 44.3 Å². The molecule has 0 bridgehead atoms. The molecule has 2 aromatic heterocycles. The second-order valence-corrected chi connectivity index (χ2v) is 12.8. The highest BCUT2D eigenvalue weighted by molar-refractivity contribution is 6.30. The van der Waals surface area contributed by atoms with E-state index in [2.05, 4.69) is 30.7 Å². The molecule has 6 rings (SSSR count). The molecule has 6 nitrogen and oxygen atoms in total. The van der Waals surface area contributed by atoms with Crippen LogP contribution in [0.3, 0.4) is 0 Å². The Morgan fingerprint density at radius 3 is 2.32 bits per heavy atom. The predicted molar refractivity (Wildman–Crippen MR) is 188 cm³/mol. The van der Waals surface area contributed by atoms with Crippen LogP contribution in [0.4, 0.5) is 4.39 Å². The number of hydrogen-bond donors (Lipinski definition) is 1. The molecule has 0 atom stereocenters. The van der Waals surface area contributed by atoms with Gasteiger partial charge in [-0.05, 0) is 85.6 Å². The van der Waals surface area contributed by atoms with Gasteiger partial charge in [0.1, 0.15) is 17.2 Å².